The van der Waals surface area contributed by atoms with E-state index in [1.807, 2.05) is 26.0 Å². The van der Waals surface area contributed by atoms with Crippen molar-refractivity contribution >= 4 is 10.8 Å². The van der Waals surface area contributed by atoms with E-state index in [0.717, 1.165) is 12.1 Å². The molecule has 0 aliphatic carbocycles. The third-order valence-corrected chi connectivity index (χ3v) is 4.54. The largest absolute Gasteiger partial charge is 0.386 e. The maximum atomic E-state index is 10.2. The smallest absolute Gasteiger partial charge is 0.0840 e. The Hall–Kier alpha value is -2.16. The lowest BCUT2D eigenvalue weighted by atomic mass is 9.96. The van der Waals surface area contributed by atoms with Crippen LogP contribution in [0.2, 0.25) is 0 Å². The Bertz CT molecular complexity index is 827. The molecule has 0 heterocycles. The van der Waals surface area contributed by atoms with Gasteiger partial charge in [-0.25, -0.2) is 0 Å². The number of fused-ring (bicyclic) bond motifs is 1. The van der Waals surface area contributed by atoms with Crippen LogP contribution in [0, 0.1) is 0 Å². The highest BCUT2D eigenvalue weighted by atomic mass is 16.3. The van der Waals surface area contributed by atoms with E-state index in [1.165, 1.54) is 21.9 Å². The molecule has 0 saturated carbocycles. The molecule has 3 aromatic rings. The van der Waals surface area contributed by atoms with E-state index in [2.05, 4.69) is 66.8 Å². The molecule has 0 aromatic heterocycles. The fourth-order valence-corrected chi connectivity index (χ4v) is 3.07. The highest BCUT2D eigenvalue weighted by Gasteiger charge is 2.16. The Kier molecular flexibility index (Phi) is 4.70. The zero-order valence-electron chi connectivity index (χ0n) is 14.6. The van der Waals surface area contributed by atoms with Crippen molar-refractivity contribution in [1.82, 2.24) is 5.32 Å². The van der Waals surface area contributed by atoms with Gasteiger partial charge in [-0.1, -0.05) is 66.7 Å². The molecule has 0 amide bonds. The molecule has 3 rings (SSSR count). The molecule has 2 N–H and O–H groups in total. The summed E-state index contributed by atoms with van der Waals surface area (Å²) in [6.07, 6.45) is 0. The molecule has 2 heteroatoms. The van der Waals surface area contributed by atoms with Crippen LogP contribution in [0.25, 0.3) is 10.8 Å². The minimum absolute atomic E-state index is 0.252. The molecular weight excluding hydrogens is 294 g/mol. The molecule has 24 heavy (non-hydrogen) atoms. The number of aliphatic hydroxyl groups is 1. The van der Waals surface area contributed by atoms with Crippen molar-refractivity contribution in [2.75, 3.05) is 0 Å². The van der Waals surface area contributed by atoms with E-state index in [1.54, 1.807) is 0 Å². The summed E-state index contributed by atoms with van der Waals surface area (Å²) in [7, 11) is 0. The van der Waals surface area contributed by atoms with Crippen molar-refractivity contribution in [3.8, 4) is 0 Å². The predicted molar refractivity (Wildman–Crippen MR) is 101 cm³/mol. The molecule has 0 spiro atoms. The lowest BCUT2D eigenvalue weighted by molar-refractivity contribution is 0.0785. The second kappa shape index (κ2) is 6.76. The molecule has 0 aliphatic rings. The van der Waals surface area contributed by atoms with Gasteiger partial charge in [0.05, 0.1) is 5.60 Å². The zero-order valence-corrected chi connectivity index (χ0v) is 14.6. The standard InChI is InChI=1S/C22H25NO/c1-16(20-13-7-10-18-9-4-5-12-21(18)20)23-15-17-8-6-11-19(14-17)22(2,3)24/h4-14,16,23-24H,15H2,1-3H3/t16-/m1/s1. The van der Waals surface area contributed by atoms with Crippen LogP contribution in [-0.4, -0.2) is 5.11 Å². The van der Waals surface area contributed by atoms with Gasteiger partial charge in [-0.15, -0.1) is 0 Å². The second-order valence-electron chi connectivity index (χ2n) is 6.93. The van der Waals surface area contributed by atoms with E-state index in [0.29, 0.717) is 0 Å². The summed E-state index contributed by atoms with van der Waals surface area (Å²) >= 11 is 0. The van der Waals surface area contributed by atoms with Gasteiger partial charge >= 0.3 is 0 Å². The van der Waals surface area contributed by atoms with Gasteiger partial charge in [-0.3, -0.25) is 0 Å². The maximum Gasteiger partial charge on any atom is 0.0840 e. The predicted octanol–water partition coefficient (Wildman–Crippen LogP) is 4.92. The van der Waals surface area contributed by atoms with E-state index in [9.17, 15) is 5.11 Å². The number of benzene rings is 3. The van der Waals surface area contributed by atoms with Gasteiger partial charge in [0.1, 0.15) is 0 Å². The molecule has 124 valence electrons. The Labute approximate surface area is 144 Å². The summed E-state index contributed by atoms with van der Waals surface area (Å²) in [6.45, 7) is 6.60. The Morgan fingerprint density at radius 1 is 0.958 bits per heavy atom. The zero-order chi connectivity index (χ0) is 17.2. The Morgan fingerprint density at radius 2 is 1.67 bits per heavy atom. The first-order valence-electron chi connectivity index (χ1n) is 8.48. The SMILES string of the molecule is C[C@@H](NCc1cccc(C(C)(C)O)c1)c1cccc2ccccc12. The normalized spacial score (nSPS) is 13.2. The monoisotopic (exact) mass is 319 g/mol. The molecule has 0 unspecified atom stereocenters. The third-order valence-electron chi connectivity index (χ3n) is 4.54. The van der Waals surface area contributed by atoms with Gasteiger partial charge in [-0.2, -0.15) is 0 Å². The van der Waals surface area contributed by atoms with E-state index in [-0.39, 0.29) is 6.04 Å². The quantitative estimate of drug-likeness (QED) is 0.700. The van der Waals surface area contributed by atoms with Crippen LogP contribution in [0.1, 0.15) is 43.5 Å². The number of rotatable bonds is 5. The topological polar surface area (TPSA) is 32.3 Å². The van der Waals surface area contributed by atoms with Gasteiger partial charge in [0.25, 0.3) is 0 Å². The highest BCUT2D eigenvalue weighted by Crippen LogP contribution is 2.25. The molecule has 2 nitrogen and oxygen atoms in total. The van der Waals surface area contributed by atoms with Crippen LogP contribution in [0.5, 0.6) is 0 Å². The Morgan fingerprint density at radius 3 is 2.46 bits per heavy atom. The molecule has 0 radical (unpaired) electrons. The average Bonchev–Trinajstić information content (AvgIpc) is 2.58. The summed E-state index contributed by atoms with van der Waals surface area (Å²) in [5.41, 5.74) is 2.63. The van der Waals surface area contributed by atoms with Gasteiger partial charge in [0.15, 0.2) is 0 Å². The van der Waals surface area contributed by atoms with Crippen molar-refractivity contribution in [1.29, 1.82) is 0 Å². The molecule has 0 aliphatic heterocycles. The van der Waals surface area contributed by atoms with Gasteiger partial charge < -0.3 is 10.4 Å². The molecule has 1 atom stereocenters. The van der Waals surface area contributed by atoms with Crippen molar-refractivity contribution < 1.29 is 5.11 Å². The summed E-state index contributed by atoms with van der Waals surface area (Å²) in [6, 6.07) is 23.3. The van der Waals surface area contributed by atoms with Crippen LogP contribution in [0.4, 0.5) is 0 Å². The van der Waals surface area contributed by atoms with Crippen LogP contribution in [0.3, 0.4) is 0 Å². The third kappa shape index (κ3) is 3.66. The van der Waals surface area contributed by atoms with Crippen molar-refractivity contribution in [2.45, 2.75) is 39.0 Å². The van der Waals surface area contributed by atoms with Crippen molar-refractivity contribution in [2.24, 2.45) is 0 Å². The molecule has 0 fully saturated rings. The van der Waals surface area contributed by atoms with Crippen LogP contribution in [0.15, 0.2) is 66.7 Å². The summed E-state index contributed by atoms with van der Waals surface area (Å²) in [4.78, 5) is 0. The summed E-state index contributed by atoms with van der Waals surface area (Å²) in [5, 5.41) is 16.3. The number of hydrogen-bond donors (Lipinski definition) is 2. The lowest BCUT2D eigenvalue weighted by Crippen LogP contribution is -2.20. The molecule has 0 bridgehead atoms. The fraction of sp³-hybridized carbons (Fsp3) is 0.273. The van der Waals surface area contributed by atoms with Crippen LogP contribution in [-0.2, 0) is 12.1 Å². The molecular formula is C22H25NO. The second-order valence-corrected chi connectivity index (χ2v) is 6.93. The van der Waals surface area contributed by atoms with Gasteiger partial charge in [0.2, 0.25) is 0 Å². The number of nitrogens with one attached hydrogen (secondary N) is 1. The minimum Gasteiger partial charge on any atom is -0.386 e. The maximum absolute atomic E-state index is 10.2. The average molecular weight is 319 g/mol. The van der Waals surface area contributed by atoms with Gasteiger partial charge in [-0.05, 0) is 48.2 Å². The Balaban J connectivity index is 1.77. The van der Waals surface area contributed by atoms with Crippen molar-refractivity contribution in [3.63, 3.8) is 0 Å². The van der Waals surface area contributed by atoms with Crippen LogP contribution < -0.4 is 5.32 Å². The first-order valence-corrected chi connectivity index (χ1v) is 8.48. The van der Waals surface area contributed by atoms with E-state index >= 15 is 0 Å². The minimum atomic E-state index is -0.808. The molecule has 0 saturated heterocycles. The molecule has 3 aromatic carbocycles. The first kappa shape index (κ1) is 16.7. The fourth-order valence-electron chi connectivity index (χ4n) is 3.07. The van der Waals surface area contributed by atoms with Gasteiger partial charge in [0, 0.05) is 12.6 Å². The number of hydrogen-bond acceptors (Lipinski definition) is 2. The van der Waals surface area contributed by atoms with E-state index < -0.39 is 5.60 Å². The summed E-state index contributed by atoms with van der Waals surface area (Å²) in [5.74, 6) is 0. The van der Waals surface area contributed by atoms with Crippen molar-refractivity contribution in [3.05, 3.63) is 83.4 Å². The highest BCUT2D eigenvalue weighted by molar-refractivity contribution is 5.86. The first-order chi connectivity index (χ1) is 11.4. The van der Waals surface area contributed by atoms with E-state index in [4.69, 9.17) is 0 Å². The van der Waals surface area contributed by atoms with Crippen LogP contribution >= 0.6 is 0 Å². The summed E-state index contributed by atoms with van der Waals surface area (Å²) < 4.78 is 0. The lowest BCUT2D eigenvalue weighted by Gasteiger charge is -2.20.